The number of Topliss-reactive ketones (excluding diaryl/α,β-unsaturated/α-hetero) is 1. The fraction of sp³-hybridized carbons (Fsp3) is 0.589. The summed E-state index contributed by atoms with van der Waals surface area (Å²) in [6.45, 7) is 20.9. The molecule has 0 aromatic heterocycles. The molecule has 26 atom stereocenters. The first-order valence-corrected chi connectivity index (χ1v) is 41.1. The number of aliphatic hydroxyl groups is 6. The summed E-state index contributed by atoms with van der Waals surface area (Å²) in [6.07, 6.45) is 21.1. The number of carbonyl (C=O) groups is 9. The molecule has 10 N–H and O–H groups in total. The third-order valence-electron chi connectivity index (χ3n) is 26.0. The SMILES string of the molecule is C/C=C1/[C@H](C)OC=C(C(=O)OC)[C@H]1CC(=O)OCCc1ccc(O)c(O)c1.COC(=O)C1=CO[C@@H](C)[C@@H]2C(CO)=CC[C@H]12.COC(=O)C1=CO[C@@H](C)[C@@H]2[C@@H](C)[C@@H](O)C[C@H]12.COC(=O)C1=CO[C@@H](C)[C@H]2[C@@H]1C(=O)C[C@@H]2C.COC(=O)C1=CO[C@@H](C)[C@H]2[C@@H]1C=C[C@@]2(O)CO.C[C@@H]1OC=C(C(=O)O)[C@H]2CC=C(CO)[C@@H]12.C[C@@H]1[C@H]2[C@H](C)OC=C(C(=O)O)[C@H]2C[C@@H]1O. The minimum absolute atomic E-state index is 0.000642. The number of carbonyl (C=O) groups excluding carboxylic acids is 7. The van der Waals surface area contributed by atoms with E-state index in [9.17, 15) is 78.9 Å². The Balaban J connectivity index is 0.000000179. The number of allylic oxidation sites excluding steroid dienone is 4. The second kappa shape index (κ2) is 43.2. The van der Waals surface area contributed by atoms with Gasteiger partial charge in [-0.25, -0.2) is 33.6 Å². The molecule has 1 aromatic rings. The number of benzene rings is 1. The van der Waals surface area contributed by atoms with E-state index in [0.717, 1.165) is 28.7 Å². The normalized spacial score (nSPS) is 34.3. The topological polar surface area (TPSA) is 476 Å². The van der Waals surface area contributed by atoms with Crippen LogP contribution in [0.4, 0.5) is 0 Å². The monoisotopic (exact) mass is 1710 g/mol. The molecule has 13 aliphatic rings. The lowest BCUT2D eigenvalue weighted by molar-refractivity contribution is -0.145. The number of carboxylic acids is 2. The van der Waals surface area contributed by atoms with Gasteiger partial charge in [0.2, 0.25) is 0 Å². The molecule has 0 unspecified atom stereocenters. The minimum Gasteiger partial charge on any atom is -0.504 e. The van der Waals surface area contributed by atoms with Crippen LogP contribution in [-0.2, 0) is 111 Å². The third-order valence-corrected chi connectivity index (χ3v) is 26.0. The Morgan fingerprint density at radius 2 is 0.934 bits per heavy atom. The molecule has 3 saturated carbocycles. The second-order valence-electron chi connectivity index (χ2n) is 32.8. The van der Waals surface area contributed by atoms with Crippen LogP contribution in [0, 0.1) is 94.7 Å². The molecule has 7 heterocycles. The number of phenolic OH excluding ortho intramolecular Hbond substituents is 2. The van der Waals surface area contributed by atoms with Crippen molar-refractivity contribution in [3.63, 3.8) is 0 Å². The van der Waals surface area contributed by atoms with Crippen molar-refractivity contribution in [2.45, 2.75) is 182 Å². The number of aliphatic hydroxyl groups excluding tert-OH is 5. The Kier molecular flexibility index (Phi) is 34.4. The van der Waals surface area contributed by atoms with Gasteiger partial charge >= 0.3 is 47.8 Å². The molecule has 3 fully saturated rings. The number of esters is 6. The van der Waals surface area contributed by atoms with E-state index >= 15 is 0 Å². The van der Waals surface area contributed by atoms with Crippen LogP contribution < -0.4 is 0 Å². The van der Waals surface area contributed by atoms with Crippen molar-refractivity contribution in [1.82, 2.24) is 0 Å². The predicted octanol–water partition coefficient (Wildman–Crippen LogP) is 7.95. The summed E-state index contributed by atoms with van der Waals surface area (Å²) in [5, 5.41) is 94.4. The van der Waals surface area contributed by atoms with E-state index in [2.05, 4.69) is 9.47 Å². The van der Waals surface area contributed by atoms with Gasteiger partial charge in [-0.3, -0.25) is 9.59 Å². The molecule has 0 bridgehead atoms. The van der Waals surface area contributed by atoms with E-state index in [1.54, 1.807) is 19.1 Å². The van der Waals surface area contributed by atoms with Gasteiger partial charge in [-0.2, -0.15) is 0 Å². The zero-order chi connectivity index (χ0) is 90.2. The van der Waals surface area contributed by atoms with Gasteiger partial charge < -0.3 is 113 Å². The Labute approximate surface area is 709 Å². The molecule has 0 amide bonds. The van der Waals surface area contributed by atoms with E-state index in [-0.39, 0.29) is 199 Å². The van der Waals surface area contributed by atoms with Gasteiger partial charge in [-0.1, -0.05) is 57.2 Å². The number of rotatable bonds is 15. The van der Waals surface area contributed by atoms with Crippen molar-refractivity contribution in [2.75, 3.05) is 62.0 Å². The number of hydrogen-bond acceptors (Lipinski definition) is 30. The van der Waals surface area contributed by atoms with Gasteiger partial charge in [-0.05, 0) is 133 Å². The second-order valence-corrected chi connectivity index (χ2v) is 32.8. The molecule has 6 aliphatic carbocycles. The van der Waals surface area contributed by atoms with Gasteiger partial charge in [0.25, 0.3) is 0 Å². The first-order chi connectivity index (χ1) is 57.9. The van der Waals surface area contributed by atoms with Crippen LogP contribution in [0.5, 0.6) is 11.5 Å². The summed E-state index contributed by atoms with van der Waals surface area (Å²) in [4.78, 5) is 104. The average molecular weight is 1710 g/mol. The number of hydrogen-bond donors (Lipinski definition) is 10. The van der Waals surface area contributed by atoms with Gasteiger partial charge in [0.1, 0.15) is 35.8 Å². The highest BCUT2D eigenvalue weighted by Crippen LogP contribution is 2.51. The lowest BCUT2D eigenvalue weighted by Gasteiger charge is -2.38. The van der Waals surface area contributed by atoms with E-state index < -0.39 is 60.0 Å². The molecule has 122 heavy (non-hydrogen) atoms. The van der Waals surface area contributed by atoms with Crippen molar-refractivity contribution < 1.29 is 156 Å². The third kappa shape index (κ3) is 21.7. The van der Waals surface area contributed by atoms with Crippen LogP contribution in [0.2, 0.25) is 0 Å². The summed E-state index contributed by atoms with van der Waals surface area (Å²) in [7, 11) is 6.63. The highest BCUT2D eigenvalue weighted by Gasteiger charge is 2.54. The molecule has 32 heteroatoms. The maximum Gasteiger partial charge on any atom is 0.337 e. The molecule has 0 radical (unpaired) electrons. The summed E-state index contributed by atoms with van der Waals surface area (Å²) in [5.41, 5.74) is 4.86. The molecule has 14 rings (SSSR count). The number of carboxylic acid groups (broad SMARTS) is 2. The molecule has 1 aromatic carbocycles. The lowest BCUT2D eigenvalue weighted by Crippen LogP contribution is -2.47. The van der Waals surface area contributed by atoms with Crippen molar-refractivity contribution >= 4 is 53.5 Å². The van der Waals surface area contributed by atoms with Crippen LogP contribution >= 0.6 is 0 Å². The Morgan fingerprint density at radius 3 is 1.42 bits per heavy atom. The molecular weight excluding hydrogens is 1590 g/mol. The van der Waals surface area contributed by atoms with Crippen LogP contribution in [0.1, 0.15) is 120 Å². The minimum atomic E-state index is -1.34. The molecule has 0 spiro atoms. The van der Waals surface area contributed by atoms with E-state index in [4.69, 9.17) is 67.4 Å². The summed E-state index contributed by atoms with van der Waals surface area (Å²) >= 11 is 0. The fourth-order valence-corrected chi connectivity index (χ4v) is 19.5. The molecule has 32 nitrogen and oxygen atoms in total. The smallest absolute Gasteiger partial charge is 0.337 e. The van der Waals surface area contributed by atoms with Gasteiger partial charge in [0.05, 0.1) is 188 Å². The van der Waals surface area contributed by atoms with Gasteiger partial charge in [0.15, 0.2) is 11.5 Å². The summed E-state index contributed by atoms with van der Waals surface area (Å²) in [5.74, 6) is -5.04. The molecule has 672 valence electrons. The van der Waals surface area contributed by atoms with Crippen LogP contribution in [0.15, 0.2) is 148 Å². The Hall–Kier alpha value is -10.3. The number of ether oxygens (including phenoxy) is 13. The maximum atomic E-state index is 12.3. The first-order valence-electron chi connectivity index (χ1n) is 41.1. The zero-order valence-electron chi connectivity index (χ0n) is 71.8. The van der Waals surface area contributed by atoms with Gasteiger partial charge in [0, 0.05) is 83.9 Å². The number of phenols is 2. The van der Waals surface area contributed by atoms with E-state index in [1.807, 2.05) is 87.5 Å². The number of fused-ring (bicyclic) bond motifs is 6. The quantitative estimate of drug-likeness (QED) is 0.0344. The van der Waals surface area contributed by atoms with Crippen LogP contribution in [0.3, 0.4) is 0 Å². The number of methoxy groups -OCH3 is 5. The predicted molar refractivity (Wildman–Crippen MR) is 433 cm³/mol. The molecule has 0 saturated heterocycles. The average Bonchev–Trinajstić information content (AvgIpc) is 1.56. The largest absolute Gasteiger partial charge is 0.504 e. The zero-order valence-corrected chi connectivity index (χ0v) is 71.8. The summed E-state index contributed by atoms with van der Waals surface area (Å²) < 4.78 is 66.7. The maximum absolute atomic E-state index is 12.3. The first kappa shape index (κ1) is 97.2. The van der Waals surface area contributed by atoms with Gasteiger partial charge in [-0.15, -0.1) is 0 Å². The van der Waals surface area contributed by atoms with Crippen molar-refractivity contribution in [3.8, 4) is 11.5 Å². The standard InChI is InChI=1S/C20H24O7.C12H16O5.C12H18O4.2C12H16O4.C11H16O4.C11H14O4/c1-4-14-12(2)27-11-16(20(24)25-3)15(14)10-19(23)26-8-7-13-5-6-17(21)18(22)9-13;1-7-10-8(3-4-12(10,15)6-13)9(5-17-7)11(14)16-2;1-6-10(13)4-8-9(12(14)15-3)5-16-7(2)11(6)8;1-6-4-9(13)11-8(12(14)15-3)5-16-7(2)10(6)11;1-7-11-8(5-13)3-4-9(11)10(6-16-7)12(14)15-2;1-5-9(12)3-7-8(11(13)14)4-15-6(2)10(5)7;1-6-10-7(4-12)2-3-8(10)9(5-15-6)11(13)14/h4-6,9,11-12,15,21-22H,7-8,10H2,1-3H3;3-5,7-8,10,13,15H,6H2,1-2H3;5-8,10-11,13H,4H2,1-3H3;5-7,10-11H,4H2,1-3H3;3,6-7,9,11,13H,4-5H2,1-2H3;4-7,9-10,12H,3H2,1-2H3,(H,13,14);2,5-6,8,10,12H,3-4H2,1H3,(H,13,14)/b14-4-;;;;;;/t12-,15-;7-,8+,10-,12+;6-,7-,8+,10-,11-;6-,7-,10-,11-;7-,9+,11+;5-,6-,7+,9-,10-;6-,8+,10+/m0000000/s1. The number of aromatic hydroxyl groups is 2. The summed E-state index contributed by atoms with van der Waals surface area (Å²) in [6, 6.07) is 4.43. The van der Waals surface area contributed by atoms with E-state index in [0.29, 0.717) is 65.5 Å². The lowest BCUT2D eigenvalue weighted by atomic mass is 9.77. The number of aliphatic carboxylic acids is 2. The van der Waals surface area contributed by atoms with Crippen LogP contribution in [-0.4, -0.2) is 227 Å². The highest BCUT2D eigenvalue weighted by molar-refractivity contribution is 5.99. The molecular formula is C90H120O32. The Morgan fingerprint density at radius 1 is 0.516 bits per heavy atom. The van der Waals surface area contributed by atoms with Crippen LogP contribution in [0.25, 0.3) is 0 Å². The van der Waals surface area contributed by atoms with Crippen molar-refractivity contribution in [1.29, 1.82) is 0 Å². The number of ketones is 1. The van der Waals surface area contributed by atoms with E-state index in [1.165, 1.54) is 97.6 Å². The van der Waals surface area contributed by atoms with Crippen molar-refractivity contribution in [2.24, 2.45) is 94.7 Å². The Bertz CT molecular complexity index is 4320. The highest BCUT2D eigenvalue weighted by atomic mass is 16.6. The van der Waals surface area contributed by atoms with Crippen molar-refractivity contribution in [3.05, 3.63) is 154 Å². The molecule has 7 aliphatic heterocycles. The fourth-order valence-electron chi connectivity index (χ4n) is 19.5.